The summed E-state index contributed by atoms with van der Waals surface area (Å²) in [5.41, 5.74) is 0.674. The van der Waals surface area contributed by atoms with Crippen LogP contribution in [0.2, 0.25) is 0 Å². The van der Waals surface area contributed by atoms with Gasteiger partial charge in [0.2, 0.25) is 0 Å². The largest absolute Gasteiger partial charge is 0.298 e. The summed E-state index contributed by atoms with van der Waals surface area (Å²) in [6, 6.07) is 0. The lowest BCUT2D eigenvalue weighted by Gasteiger charge is -2.44. The Morgan fingerprint density at radius 2 is 1.58 bits per heavy atom. The molecule has 1 aliphatic carbocycles. The molecule has 2 rings (SSSR count). The molecule has 0 atom stereocenters. The fourth-order valence-corrected chi connectivity index (χ4v) is 3.24. The van der Waals surface area contributed by atoms with E-state index in [-0.39, 0.29) is 0 Å². The minimum Gasteiger partial charge on any atom is -0.298 e. The van der Waals surface area contributed by atoms with Gasteiger partial charge in [-0.3, -0.25) is 4.90 Å². The van der Waals surface area contributed by atoms with Gasteiger partial charge >= 0.3 is 0 Å². The molecule has 0 radical (unpaired) electrons. The Morgan fingerprint density at radius 3 is 2.17 bits per heavy atom. The first-order chi connectivity index (χ1) is 5.87. The van der Waals surface area contributed by atoms with Crippen LogP contribution in [0.5, 0.6) is 0 Å². The van der Waals surface area contributed by atoms with Crippen molar-refractivity contribution in [2.45, 2.75) is 57.4 Å². The zero-order valence-electron chi connectivity index (χ0n) is 8.31. The first kappa shape index (κ1) is 8.55. The van der Waals surface area contributed by atoms with Crippen LogP contribution >= 0.6 is 0 Å². The molecule has 0 N–H and O–H groups in total. The summed E-state index contributed by atoms with van der Waals surface area (Å²) < 4.78 is 0. The lowest BCUT2D eigenvalue weighted by Crippen LogP contribution is -2.49. The van der Waals surface area contributed by atoms with Crippen LogP contribution in [-0.2, 0) is 0 Å². The highest BCUT2D eigenvalue weighted by Crippen LogP contribution is 2.41. The Bertz CT molecular complexity index is 147. The fourth-order valence-electron chi connectivity index (χ4n) is 3.24. The van der Waals surface area contributed by atoms with Crippen molar-refractivity contribution in [3.05, 3.63) is 0 Å². The zero-order valence-corrected chi connectivity index (χ0v) is 8.31. The number of nitrogens with zero attached hydrogens (tertiary/aromatic N) is 1. The van der Waals surface area contributed by atoms with E-state index in [4.69, 9.17) is 0 Å². The fraction of sp³-hybridized carbons (Fsp3) is 1.00. The Balaban J connectivity index is 2.07. The van der Waals surface area contributed by atoms with Crippen molar-refractivity contribution in [2.75, 3.05) is 13.1 Å². The topological polar surface area (TPSA) is 3.24 Å². The van der Waals surface area contributed by atoms with E-state index in [1.165, 1.54) is 58.0 Å². The van der Waals surface area contributed by atoms with Crippen LogP contribution in [0, 0.1) is 0 Å². The Hall–Kier alpha value is -0.0400. The van der Waals surface area contributed by atoms with Crippen LogP contribution in [0.3, 0.4) is 0 Å². The smallest absolute Gasteiger partial charge is 0.0209 e. The summed E-state index contributed by atoms with van der Waals surface area (Å²) in [5, 5.41) is 0. The average molecular weight is 167 g/mol. The van der Waals surface area contributed by atoms with E-state index in [2.05, 4.69) is 11.8 Å². The summed E-state index contributed by atoms with van der Waals surface area (Å²) >= 11 is 0. The van der Waals surface area contributed by atoms with Gasteiger partial charge in [0.25, 0.3) is 0 Å². The maximum absolute atomic E-state index is 2.75. The number of rotatable bonds is 1. The molecule has 1 saturated heterocycles. The molecular formula is C11H21N. The summed E-state index contributed by atoms with van der Waals surface area (Å²) in [6.07, 6.45) is 10.3. The van der Waals surface area contributed by atoms with Crippen LogP contribution in [0.1, 0.15) is 51.9 Å². The van der Waals surface area contributed by atoms with E-state index >= 15 is 0 Å². The predicted octanol–water partition coefficient (Wildman–Crippen LogP) is 2.81. The number of piperidine rings is 1. The molecule has 1 heterocycles. The van der Waals surface area contributed by atoms with Gasteiger partial charge in [-0.1, -0.05) is 26.2 Å². The van der Waals surface area contributed by atoms with Crippen LogP contribution in [0.4, 0.5) is 0 Å². The molecule has 1 heteroatoms. The molecule has 0 amide bonds. The van der Waals surface area contributed by atoms with E-state index in [9.17, 15) is 0 Å². The second-order valence-corrected chi connectivity index (χ2v) is 4.47. The summed E-state index contributed by atoms with van der Waals surface area (Å²) in [7, 11) is 0. The van der Waals surface area contributed by atoms with Gasteiger partial charge in [-0.2, -0.15) is 0 Å². The molecule has 0 aromatic heterocycles. The predicted molar refractivity (Wildman–Crippen MR) is 52.3 cm³/mol. The maximum Gasteiger partial charge on any atom is 0.0209 e. The number of likely N-dealkylation sites (tertiary alicyclic amines) is 1. The quantitative estimate of drug-likeness (QED) is 0.580. The van der Waals surface area contributed by atoms with Crippen molar-refractivity contribution < 1.29 is 0 Å². The van der Waals surface area contributed by atoms with Crippen molar-refractivity contribution in [3.8, 4) is 0 Å². The van der Waals surface area contributed by atoms with E-state index < -0.39 is 0 Å². The van der Waals surface area contributed by atoms with Gasteiger partial charge in [0.05, 0.1) is 0 Å². The minimum atomic E-state index is 0.674. The third-order valence-electron chi connectivity index (χ3n) is 3.91. The van der Waals surface area contributed by atoms with Crippen LogP contribution < -0.4 is 0 Å². The van der Waals surface area contributed by atoms with Crippen molar-refractivity contribution in [3.63, 3.8) is 0 Å². The zero-order chi connectivity index (χ0) is 8.44. The maximum atomic E-state index is 2.75. The van der Waals surface area contributed by atoms with Gasteiger partial charge in [0.15, 0.2) is 0 Å². The molecule has 1 nitrogen and oxygen atoms in total. The number of hydrogen-bond donors (Lipinski definition) is 0. The van der Waals surface area contributed by atoms with Crippen molar-refractivity contribution >= 4 is 0 Å². The lowest BCUT2D eigenvalue weighted by atomic mass is 9.85. The molecule has 70 valence electrons. The molecule has 1 spiro atoms. The summed E-state index contributed by atoms with van der Waals surface area (Å²) in [4.78, 5) is 2.75. The highest BCUT2D eigenvalue weighted by molar-refractivity contribution is 4.96. The van der Waals surface area contributed by atoms with Gasteiger partial charge in [-0.15, -0.1) is 0 Å². The van der Waals surface area contributed by atoms with E-state index in [1.54, 1.807) is 0 Å². The van der Waals surface area contributed by atoms with Gasteiger partial charge in [0.1, 0.15) is 0 Å². The highest BCUT2D eigenvalue weighted by atomic mass is 15.2. The molecule has 0 aromatic rings. The standard InChI is InChI=1S/C11H21N/c1-2-12-10-6-5-9-11(12)7-3-4-8-11/h2-10H2,1H3. The molecule has 1 aliphatic heterocycles. The first-order valence-electron chi connectivity index (χ1n) is 5.62. The third kappa shape index (κ3) is 1.28. The van der Waals surface area contributed by atoms with Crippen molar-refractivity contribution in [2.24, 2.45) is 0 Å². The van der Waals surface area contributed by atoms with Gasteiger partial charge in [-0.25, -0.2) is 0 Å². The minimum absolute atomic E-state index is 0.674. The molecule has 2 aliphatic rings. The number of hydrogen-bond acceptors (Lipinski definition) is 1. The first-order valence-corrected chi connectivity index (χ1v) is 5.62. The van der Waals surface area contributed by atoms with Crippen LogP contribution in [0.25, 0.3) is 0 Å². The second-order valence-electron chi connectivity index (χ2n) is 4.47. The average Bonchev–Trinajstić information content (AvgIpc) is 2.55. The molecule has 0 unspecified atom stereocenters. The molecule has 0 aromatic carbocycles. The Kier molecular flexibility index (Phi) is 2.40. The molecular weight excluding hydrogens is 146 g/mol. The van der Waals surface area contributed by atoms with Gasteiger partial charge in [0, 0.05) is 5.54 Å². The second kappa shape index (κ2) is 3.37. The van der Waals surface area contributed by atoms with E-state index in [0.717, 1.165) is 0 Å². The highest BCUT2D eigenvalue weighted by Gasteiger charge is 2.39. The molecule has 12 heavy (non-hydrogen) atoms. The SMILES string of the molecule is CCN1CCCCC12CCCC2. The Morgan fingerprint density at radius 1 is 1.00 bits per heavy atom. The third-order valence-corrected chi connectivity index (χ3v) is 3.91. The Labute approximate surface area is 76.1 Å². The molecule has 0 bridgehead atoms. The van der Waals surface area contributed by atoms with E-state index in [0.29, 0.717) is 5.54 Å². The van der Waals surface area contributed by atoms with Crippen LogP contribution in [-0.4, -0.2) is 23.5 Å². The van der Waals surface area contributed by atoms with Crippen molar-refractivity contribution in [1.82, 2.24) is 4.90 Å². The van der Waals surface area contributed by atoms with E-state index in [1.807, 2.05) is 0 Å². The monoisotopic (exact) mass is 167 g/mol. The summed E-state index contributed by atoms with van der Waals surface area (Å²) in [6.45, 7) is 4.97. The van der Waals surface area contributed by atoms with Gasteiger partial charge < -0.3 is 0 Å². The molecule has 1 saturated carbocycles. The van der Waals surface area contributed by atoms with Crippen molar-refractivity contribution in [1.29, 1.82) is 0 Å². The molecule has 2 fully saturated rings. The normalized spacial score (nSPS) is 29.8. The summed E-state index contributed by atoms with van der Waals surface area (Å²) in [5.74, 6) is 0. The van der Waals surface area contributed by atoms with Crippen LogP contribution in [0.15, 0.2) is 0 Å². The lowest BCUT2D eigenvalue weighted by molar-refractivity contribution is 0.0570. The van der Waals surface area contributed by atoms with Gasteiger partial charge in [-0.05, 0) is 38.8 Å².